The fourth-order valence-corrected chi connectivity index (χ4v) is 4.99. The van der Waals surface area contributed by atoms with Crippen LogP contribution in [0.5, 0.6) is 5.75 Å². The van der Waals surface area contributed by atoms with Crippen LogP contribution < -0.4 is 4.74 Å². The van der Waals surface area contributed by atoms with Crippen molar-refractivity contribution in [2.24, 2.45) is 11.3 Å². The molecule has 6 nitrogen and oxygen atoms in total. The van der Waals surface area contributed by atoms with E-state index in [0.29, 0.717) is 24.6 Å². The molecule has 1 aromatic carbocycles. The normalized spacial score (nSPS) is 22.3. The predicted molar refractivity (Wildman–Crippen MR) is 128 cm³/mol. The minimum absolute atomic E-state index is 0.0521. The van der Waals surface area contributed by atoms with Gasteiger partial charge in [0.1, 0.15) is 5.75 Å². The summed E-state index contributed by atoms with van der Waals surface area (Å²) in [5, 5.41) is 0.664. The van der Waals surface area contributed by atoms with E-state index in [2.05, 4.69) is 25.8 Å². The highest BCUT2D eigenvalue weighted by molar-refractivity contribution is 6.30. The molecule has 0 saturated carbocycles. The van der Waals surface area contributed by atoms with Crippen LogP contribution in [0.4, 0.5) is 0 Å². The van der Waals surface area contributed by atoms with Gasteiger partial charge in [0.15, 0.2) is 0 Å². The standard InChI is InChI=1S/C25H38ClN3O3/c1-4-20(5-2)24(31)29-12-6-11-25(18-29,19-32-22-9-7-21(26)8-10-22)17-23(30)28-15-13-27(3)14-16-28/h7-10,20H,4-6,11-19H2,1-3H3/t25-/m0/s1. The molecule has 3 rings (SSSR count). The van der Waals surface area contributed by atoms with Gasteiger partial charge in [0.05, 0.1) is 6.61 Å². The number of piperazine rings is 1. The molecule has 0 unspecified atom stereocenters. The smallest absolute Gasteiger partial charge is 0.225 e. The Kier molecular flexibility index (Phi) is 8.83. The molecule has 7 heteroatoms. The molecule has 0 spiro atoms. The molecule has 1 atom stereocenters. The molecule has 178 valence electrons. The number of amides is 2. The first-order valence-electron chi connectivity index (χ1n) is 12.0. The van der Waals surface area contributed by atoms with Gasteiger partial charge in [-0.2, -0.15) is 0 Å². The van der Waals surface area contributed by atoms with Crippen LogP contribution in [0.2, 0.25) is 5.02 Å². The molecular weight excluding hydrogens is 426 g/mol. The lowest BCUT2D eigenvalue weighted by Crippen LogP contribution is -2.53. The Morgan fingerprint density at radius 1 is 1.03 bits per heavy atom. The van der Waals surface area contributed by atoms with Crippen LogP contribution in [0.15, 0.2) is 24.3 Å². The van der Waals surface area contributed by atoms with E-state index in [1.54, 1.807) is 0 Å². The summed E-state index contributed by atoms with van der Waals surface area (Å²) in [5.74, 6) is 1.19. The summed E-state index contributed by atoms with van der Waals surface area (Å²) in [5.41, 5.74) is -0.375. The fourth-order valence-electron chi connectivity index (χ4n) is 4.86. The van der Waals surface area contributed by atoms with Crippen molar-refractivity contribution in [3.05, 3.63) is 29.3 Å². The Bertz CT molecular complexity index is 760. The minimum atomic E-state index is -0.375. The zero-order valence-corrected chi connectivity index (χ0v) is 20.6. The largest absolute Gasteiger partial charge is 0.493 e. The van der Waals surface area contributed by atoms with Crippen LogP contribution in [-0.2, 0) is 9.59 Å². The first kappa shape index (κ1) is 24.8. The van der Waals surface area contributed by atoms with E-state index in [1.807, 2.05) is 34.1 Å². The number of piperidine rings is 1. The summed E-state index contributed by atoms with van der Waals surface area (Å²) in [6.07, 6.45) is 3.89. The molecule has 0 radical (unpaired) electrons. The van der Waals surface area contributed by atoms with E-state index in [9.17, 15) is 9.59 Å². The van der Waals surface area contributed by atoms with Crippen molar-refractivity contribution in [1.82, 2.24) is 14.7 Å². The quantitative estimate of drug-likeness (QED) is 0.586. The molecule has 0 bridgehead atoms. The van der Waals surface area contributed by atoms with Crippen molar-refractivity contribution >= 4 is 23.4 Å². The van der Waals surface area contributed by atoms with Gasteiger partial charge in [-0.05, 0) is 57.0 Å². The van der Waals surface area contributed by atoms with Crippen molar-refractivity contribution in [1.29, 1.82) is 0 Å². The Hall–Kier alpha value is -1.79. The number of carbonyl (C=O) groups excluding carboxylic acids is 2. The number of carbonyl (C=O) groups is 2. The first-order chi connectivity index (χ1) is 15.4. The van der Waals surface area contributed by atoms with E-state index in [-0.39, 0.29) is 23.1 Å². The lowest BCUT2D eigenvalue weighted by molar-refractivity contribution is -0.145. The topological polar surface area (TPSA) is 53.1 Å². The highest BCUT2D eigenvalue weighted by atomic mass is 35.5. The van der Waals surface area contributed by atoms with E-state index in [0.717, 1.165) is 64.2 Å². The Morgan fingerprint density at radius 3 is 2.31 bits per heavy atom. The molecule has 0 aliphatic carbocycles. The third-order valence-corrected chi connectivity index (χ3v) is 7.30. The second-order valence-electron chi connectivity index (χ2n) is 9.48. The van der Waals surface area contributed by atoms with Crippen molar-refractivity contribution < 1.29 is 14.3 Å². The maximum Gasteiger partial charge on any atom is 0.225 e. The SMILES string of the molecule is CCC(CC)C(=O)N1CCC[C@](COc2ccc(Cl)cc2)(CC(=O)N2CCN(C)CC2)C1. The molecule has 2 heterocycles. The van der Waals surface area contributed by atoms with Crippen LogP contribution in [0.25, 0.3) is 0 Å². The first-order valence-corrected chi connectivity index (χ1v) is 12.4. The van der Waals surface area contributed by atoms with Gasteiger partial charge in [0, 0.05) is 62.0 Å². The van der Waals surface area contributed by atoms with Gasteiger partial charge in [-0.25, -0.2) is 0 Å². The second kappa shape index (κ2) is 11.4. The second-order valence-corrected chi connectivity index (χ2v) is 9.92. The van der Waals surface area contributed by atoms with Crippen LogP contribution in [0, 0.1) is 11.3 Å². The molecule has 0 N–H and O–H groups in total. The minimum Gasteiger partial charge on any atom is -0.493 e. The number of hydrogen-bond acceptors (Lipinski definition) is 4. The molecule has 2 aliphatic rings. The Balaban J connectivity index is 1.75. The van der Waals surface area contributed by atoms with Crippen LogP contribution in [0.3, 0.4) is 0 Å². The number of rotatable bonds is 8. The molecule has 1 aromatic rings. The molecule has 0 aromatic heterocycles. The summed E-state index contributed by atoms with van der Waals surface area (Å²) in [6.45, 7) is 9.24. The van der Waals surface area contributed by atoms with Gasteiger partial charge in [0.2, 0.25) is 11.8 Å². The number of likely N-dealkylation sites (tertiary alicyclic amines) is 1. The molecular formula is C25H38ClN3O3. The lowest BCUT2D eigenvalue weighted by Gasteiger charge is -2.44. The van der Waals surface area contributed by atoms with Crippen LogP contribution in [0.1, 0.15) is 46.0 Å². The van der Waals surface area contributed by atoms with Gasteiger partial charge < -0.3 is 19.4 Å². The van der Waals surface area contributed by atoms with Gasteiger partial charge in [0.25, 0.3) is 0 Å². The number of hydrogen-bond donors (Lipinski definition) is 0. The predicted octanol–water partition coefficient (Wildman–Crippen LogP) is 3.93. The Morgan fingerprint density at radius 2 is 1.69 bits per heavy atom. The maximum absolute atomic E-state index is 13.3. The van der Waals surface area contributed by atoms with Crippen molar-refractivity contribution in [2.75, 3.05) is 52.9 Å². The van der Waals surface area contributed by atoms with Crippen LogP contribution >= 0.6 is 11.6 Å². The zero-order chi connectivity index (χ0) is 23.1. The Labute approximate surface area is 197 Å². The third kappa shape index (κ3) is 6.38. The molecule has 2 amide bonds. The highest BCUT2D eigenvalue weighted by Gasteiger charge is 2.41. The summed E-state index contributed by atoms with van der Waals surface area (Å²) >= 11 is 6.01. The van der Waals surface area contributed by atoms with Crippen molar-refractivity contribution in [3.63, 3.8) is 0 Å². The number of halogens is 1. The van der Waals surface area contributed by atoms with Gasteiger partial charge in [-0.15, -0.1) is 0 Å². The average molecular weight is 464 g/mol. The monoisotopic (exact) mass is 463 g/mol. The molecule has 2 fully saturated rings. The third-order valence-electron chi connectivity index (χ3n) is 7.05. The fraction of sp³-hybridized carbons (Fsp3) is 0.680. The van der Waals surface area contributed by atoms with Gasteiger partial charge in [-0.3, -0.25) is 9.59 Å². The number of ether oxygens (including phenoxy) is 1. The molecule has 2 aliphatic heterocycles. The van der Waals surface area contributed by atoms with Gasteiger partial charge >= 0.3 is 0 Å². The summed E-state index contributed by atoms with van der Waals surface area (Å²) in [6, 6.07) is 7.33. The molecule has 32 heavy (non-hydrogen) atoms. The van der Waals surface area contributed by atoms with Gasteiger partial charge in [-0.1, -0.05) is 25.4 Å². The zero-order valence-electron chi connectivity index (χ0n) is 19.8. The van der Waals surface area contributed by atoms with Crippen molar-refractivity contribution in [2.45, 2.75) is 46.0 Å². The molecule has 2 saturated heterocycles. The summed E-state index contributed by atoms with van der Waals surface area (Å²) in [4.78, 5) is 32.7. The maximum atomic E-state index is 13.3. The average Bonchev–Trinajstić information content (AvgIpc) is 2.80. The number of benzene rings is 1. The van der Waals surface area contributed by atoms with E-state index in [1.165, 1.54) is 0 Å². The van der Waals surface area contributed by atoms with E-state index in [4.69, 9.17) is 16.3 Å². The van der Waals surface area contributed by atoms with E-state index >= 15 is 0 Å². The van der Waals surface area contributed by atoms with Crippen molar-refractivity contribution in [3.8, 4) is 5.75 Å². The van der Waals surface area contributed by atoms with Crippen LogP contribution in [-0.4, -0.2) is 79.4 Å². The number of likely N-dealkylation sites (N-methyl/N-ethyl adjacent to an activating group) is 1. The van der Waals surface area contributed by atoms with E-state index < -0.39 is 0 Å². The number of nitrogens with zero attached hydrogens (tertiary/aromatic N) is 3. The summed E-state index contributed by atoms with van der Waals surface area (Å²) < 4.78 is 6.17. The highest BCUT2D eigenvalue weighted by Crippen LogP contribution is 2.36. The summed E-state index contributed by atoms with van der Waals surface area (Å²) in [7, 11) is 2.09. The lowest BCUT2D eigenvalue weighted by atomic mass is 9.76.